The number of rotatable bonds is 5. The average Bonchev–Trinajstić information content (AvgIpc) is 2.29. The van der Waals surface area contributed by atoms with Crippen LogP contribution in [0, 0.1) is 5.92 Å². The van der Waals surface area contributed by atoms with Gasteiger partial charge in [-0.2, -0.15) is 0 Å². The van der Waals surface area contributed by atoms with Crippen LogP contribution in [-0.4, -0.2) is 21.0 Å². The molecule has 0 saturated carbocycles. The van der Waals surface area contributed by atoms with Gasteiger partial charge in [0.05, 0.1) is 9.92 Å². The second-order valence-corrected chi connectivity index (χ2v) is 7.26. The molecule has 1 aromatic rings. The molecule has 0 fully saturated rings. The Balaban J connectivity index is 3.02. The molecule has 0 amide bonds. The van der Waals surface area contributed by atoms with Crippen LogP contribution in [0.3, 0.4) is 0 Å². The number of hydrogen-bond donors (Lipinski definition) is 2. The monoisotopic (exact) mass is 354 g/mol. The Morgan fingerprint density at radius 2 is 2.06 bits per heavy atom. The quantitative estimate of drug-likeness (QED) is 0.851. The highest BCUT2D eigenvalue weighted by atomic mass is 79.9. The molecule has 0 spiro atoms. The first-order valence-electron chi connectivity index (χ1n) is 5.45. The van der Waals surface area contributed by atoms with Crippen molar-refractivity contribution >= 4 is 37.6 Å². The van der Waals surface area contributed by atoms with Gasteiger partial charge < -0.3 is 5.73 Å². The number of sulfonamides is 1. The normalized spacial score (nSPS) is 13.9. The van der Waals surface area contributed by atoms with Gasteiger partial charge >= 0.3 is 0 Å². The van der Waals surface area contributed by atoms with Crippen LogP contribution >= 0.6 is 27.5 Å². The maximum Gasteiger partial charge on any atom is 0.240 e. The molecule has 7 heteroatoms. The largest absolute Gasteiger partial charge is 0.329 e. The van der Waals surface area contributed by atoms with Crippen molar-refractivity contribution in [2.24, 2.45) is 11.7 Å². The zero-order valence-corrected chi connectivity index (χ0v) is 13.3. The van der Waals surface area contributed by atoms with Crippen molar-refractivity contribution in [3.63, 3.8) is 0 Å². The molecule has 1 unspecified atom stereocenters. The molecule has 0 aliphatic carbocycles. The third-order valence-corrected chi connectivity index (χ3v) is 5.27. The predicted molar refractivity (Wildman–Crippen MR) is 77.2 cm³/mol. The molecule has 0 aromatic heterocycles. The number of benzene rings is 1. The van der Waals surface area contributed by atoms with Crippen LogP contribution in [0.2, 0.25) is 5.02 Å². The van der Waals surface area contributed by atoms with Crippen molar-refractivity contribution in [2.45, 2.75) is 24.8 Å². The fourth-order valence-corrected chi connectivity index (χ4v) is 3.44. The summed E-state index contributed by atoms with van der Waals surface area (Å²) < 4.78 is 27.4. The summed E-state index contributed by atoms with van der Waals surface area (Å²) >= 11 is 9.03. The minimum Gasteiger partial charge on any atom is -0.329 e. The van der Waals surface area contributed by atoms with E-state index in [0.717, 1.165) is 0 Å². The van der Waals surface area contributed by atoms with E-state index in [1.807, 2.05) is 13.8 Å². The lowest BCUT2D eigenvalue weighted by Gasteiger charge is -2.20. The van der Waals surface area contributed by atoms with Crippen molar-refractivity contribution in [3.05, 3.63) is 27.7 Å². The van der Waals surface area contributed by atoms with Crippen molar-refractivity contribution in [3.8, 4) is 0 Å². The molecule has 1 aromatic carbocycles. The summed E-state index contributed by atoms with van der Waals surface area (Å²) in [5.41, 5.74) is 5.56. The van der Waals surface area contributed by atoms with Gasteiger partial charge in [0.25, 0.3) is 0 Å². The van der Waals surface area contributed by atoms with Gasteiger partial charge in [-0.25, -0.2) is 13.1 Å². The maximum atomic E-state index is 12.1. The fraction of sp³-hybridized carbons (Fsp3) is 0.455. The summed E-state index contributed by atoms with van der Waals surface area (Å²) in [7, 11) is -3.57. The molecule has 0 saturated heterocycles. The molecule has 0 heterocycles. The van der Waals surface area contributed by atoms with Gasteiger partial charge in [0.1, 0.15) is 0 Å². The Hall–Kier alpha value is -0.140. The zero-order valence-electron chi connectivity index (χ0n) is 10.2. The highest BCUT2D eigenvalue weighted by Gasteiger charge is 2.21. The maximum absolute atomic E-state index is 12.1. The number of halogens is 2. The van der Waals surface area contributed by atoms with Gasteiger partial charge in [-0.3, -0.25) is 0 Å². The van der Waals surface area contributed by atoms with Crippen LogP contribution in [0.5, 0.6) is 0 Å². The van der Waals surface area contributed by atoms with Crippen LogP contribution in [-0.2, 0) is 10.0 Å². The Kier molecular flexibility index (Phi) is 5.61. The van der Waals surface area contributed by atoms with Crippen molar-refractivity contribution < 1.29 is 8.42 Å². The average molecular weight is 356 g/mol. The standard InChI is InChI=1S/C11H16BrClN2O2S/c1-7(2)11(6-14)15-18(16,17)8-3-4-10(13)9(12)5-8/h3-5,7,11,15H,6,14H2,1-2H3. The summed E-state index contributed by atoms with van der Waals surface area (Å²) in [6.45, 7) is 4.08. The van der Waals surface area contributed by atoms with Crippen molar-refractivity contribution in [1.82, 2.24) is 4.72 Å². The molecule has 18 heavy (non-hydrogen) atoms. The molecule has 1 atom stereocenters. The SMILES string of the molecule is CC(C)C(CN)NS(=O)(=O)c1ccc(Cl)c(Br)c1. The molecule has 3 N–H and O–H groups in total. The first-order chi connectivity index (χ1) is 8.27. The third kappa shape index (κ3) is 3.93. The summed E-state index contributed by atoms with van der Waals surface area (Å²) in [6.07, 6.45) is 0. The summed E-state index contributed by atoms with van der Waals surface area (Å²) in [4.78, 5) is 0.165. The topological polar surface area (TPSA) is 72.2 Å². The van der Waals surface area contributed by atoms with Gasteiger partial charge in [-0.15, -0.1) is 0 Å². The second kappa shape index (κ2) is 6.34. The van der Waals surface area contributed by atoms with Gasteiger partial charge in [0.2, 0.25) is 10.0 Å². The van der Waals surface area contributed by atoms with E-state index in [-0.39, 0.29) is 23.4 Å². The number of nitrogens with two attached hydrogens (primary N) is 1. The van der Waals surface area contributed by atoms with Crippen LogP contribution in [0.1, 0.15) is 13.8 Å². The lowest BCUT2D eigenvalue weighted by atomic mass is 10.1. The first-order valence-corrected chi connectivity index (χ1v) is 8.10. The lowest BCUT2D eigenvalue weighted by Crippen LogP contribution is -2.43. The minimum absolute atomic E-state index is 0.125. The van der Waals surface area contributed by atoms with E-state index in [1.165, 1.54) is 18.2 Å². The third-order valence-electron chi connectivity index (χ3n) is 2.57. The van der Waals surface area contributed by atoms with E-state index in [0.29, 0.717) is 9.50 Å². The van der Waals surface area contributed by atoms with Gasteiger partial charge in [0, 0.05) is 17.1 Å². The Morgan fingerprint density at radius 3 is 2.50 bits per heavy atom. The fourth-order valence-electron chi connectivity index (χ4n) is 1.37. The molecule has 0 bridgehead atoms. The van der Waals surface area contributed by atoms with Crippen LogP contribution < -0.4 is 10.5 Å². The van der Waals surface area contributed by atoms with E-state index >= 15 is 0 Å². The van der Waals surface area contributed by atoms with E-state index in [2.05, 4.69) is 20.7 Å². The number of nitrogens with one attached hydrogen (secondary N) is 1. The van der Waals surface area contributed by atoms with Gasteiger partial charge in [-0.1, -0.05) is 25.4 Å². The highest BCUT2D eigenvalue weighted by molar-refractivity contribution is 9.10. The van der Waals surface area contributed by atoms with Crippen LogP contribution in [0.15, 0.2) is 27.6 Å². The number of hydrogen-bond acceptors (Lipinski definition) is 3. The summed E-state index contributed by atoms with van der Waals surface area (Å²) in [5.74, 6) is 0.125. The lowest BCUT2D eigenvalue weighted by molar-refractivity contribution is 0.455. The van der Waals surface area contributed by atoms with Gasteiger partial charge in [-0.05, 0) is 40.0 Å². The molecular weight excluding hydrogens is 340 g/mol. The molecule has 0 radical (unpaired) electrons. The molecular formula is C11H16BrClN2O2S. The van der Waals surface area contributed by atoms with Gasteiger partial charge in [0.15, 0.2) is 0 Å². The van der Waals surface area contributed by atoms with Crippen molar-refractivity contribution in [1.29, 1.82) is 0 Å². The van der Waals surface area contributed by atoms with E-state index in [4.69, 9.17) is 17.3 Å². The van der Waals surface area contributed by atoms with E-state index < -0.39 is 10.0 Å². The summed E-state index contributed by atoms with van der Waals surface area (Å²) in [5, 5.41) is 0.466. The molecule has 1 rings (SSSR count). The molecule has 0 aliphatic rings. The van der Waals surface area contributed by atoms with Crippen LogP contribution in [0.4, 0.5) is 0 Å². The Labute approximate surface area is 121 Å². The predicted octanol–water partition coefficient (Wildman–Crippen LogP) is 2.36. The molecule has 4 nitrogen and oxygen atoms in total. The smallest absolute Gasteiger partial charge is 0.240 e. The minimum atomic E-state index is -3.57. The van der Waals surface area contributed by atoms with E-state index in [9.17, 15) is 8.42 Å². The zero-order chi connectivity index (χ0) is 13.9. The Morgan fingerprint density at radius 1 is 1.44 bits per heavy atom. The Bertz CT molecular complexity index is 520. The second-order valence-electron chi connectivity index (χ2n) is 4.28. The van der Waals surface area contributed by atoms with Crippen molar-refractivity contribution in [2.75, 3.05) is 6.54 Å². The molecule has 0 aliphatic heterocycles. The summed E-state index contributed by atoms with van der Waals surface area (Å²) in [6, 6.07) is 4.18. The van der Waals surface area contributed by atoms with E-state index in [1.54, 1.807) is 0 Å². The van der Waals surface area contributed by atoms with Crippen LogP contribution in [0.25, 0.3) is 0 Å². The first kappa shape index (κ1) is 15.9. The molecule has 102 valence electrons. The highest BCUT2D eigenvalue weighted by Crippen LogP contribution is 2.25.